The molecule has 0 unspecified atom stereocenters. The van der Waals surface area contributed by atoms with Gasteiger partial charge in [0, 0.05) is 6.42 Å². The van der Waals surface area contributed by atoms with Crippen LogP contribution in [-0.2, 0) is 16.0 Å². The molecule has 1 saturated carbocycles. The van der Waals surface area contributed by atoms with E-state index in [0.29, 0.717) is 23.6 Å². The van der Waals surface area contributed by atoms with Crippen molar-refractivity contribution in [3.05, 3.63) is 58.8 Å². The van der Waals surface area contributed by atoms with E-state index in [1.165, 1.54) is 18.4 Å². The number of nitrogens with zero attached hydrogens (tertiary/aromatic N) is 1. The Labute approximate surface area is 190 Å². The molecule has 176 valence electrons. The summed E-state index contributed by atoms with van der Waals surface area (Å²) in [6, 6.07) is 12.3. The first-order valence-electron chi connectivity index (χ1n) is 11.1. The van der Waals surface area contributed by atoms with Crippen molar-refractivity contribution < 1.29 is 34.9 Å². The number of aliphatic hydroxyl groups is 4. The van der Waals surface area contributed by atoms with Crippen molar-refractivity contribution in [1.82, 2.24) is 10.2 Å². The van der Waals surface area contributed by atoms with Crippen molar-refractivity contribution in [2.75, 3.05) is 6.61 Å². The zero-order valence-electron chi connectivity index (χ0n) is 18.2. The van der Waals surface area contributed by atoms with Gasteiger partial charge in [-0.15, -0.1) is 0 Å². The first-order valence-corrected chi connectivity index (χ1v) is 11.1. The van der Waals surface area contributed by atoms with E-state index in [0.717, 1.165) is 22.2 Å². The van der Waals surface area contributed by atoms with Gasteiger partial charge in [-0.05, 0) is 54.5 Å². The topological polar surface area (TPSA) is 137 Å². The van der Waals surface area contributed by atoms with Gasteiger partial charge in [-0.3, -0.25) is 5.10 Å². The molecular formula is C24H28N2O7. The van der Waals surface area contributed by atoms with Gasteiger partial charge in [-0.2, -0.15) is 9.99 Å². The highest BCUT2D eigenvalue weighted by Gasteiger charge is 2.45. The minimum atomic E-state index is -1.59. The third-order valence-corrected chi connectivity index (χ3v) is 6.34. The Morgan fingerprint density at radius 1 is 1.09 bits per heavy atom. The number of benzene rings is 2. The third-order valence-electron chi connectivity index (χ3n) is 6.34. The lowest BCUT2D eigenvalue weighted by Crippen LogP contribution is -2.59. The number of aromatic nitrogens is 2. The summed E-state index contributed by atoms with van der Waals surface area (Å²) in [6.45, 7) is 1.33. The largest absolute Gasteiger partial charge is 0.394 e. The van der Waals surface area contributed by atoms with Crippen LogP contribution >= 0.6 is 0 Å². The predicted octanol–water partition coefficient (Wildman–Crippen LogP) is 1.45. The average Bonchev–Trinajstić information content (AvgIpc) is 3.58. The summed E-state index contributed by atoms with van der Waals surface area (Å²) in [7, 11) is 0. The SMILES string of the molecule is Cc1cc(OO[C@@H]2[C@@H](O)[C@H](O)[C@@H](CO)O[C@H]2O)c2c(Cc3ccc(C4CC4)cc3)[nH]nc2c1. The molecule has 2 fully saturated rings. The van der Waals surface area contributed by atoms with E-state index in [-0.39, 0.29) is 0 Å². The molecule has 0 bridgehead atoms. The standard InChI is InChI=1S/C24H28N2O7/c1-12-8-16-20(17(26-25-16)10-13-2-4-14(5-3-13)15-6-7-15)18(9-12)32-33-23-22(29)21(28)19(11-27)31-24(23)30/h2-5,8-9,15,19,21-24,27-30H,6-7,10-11H2,1H3,(H,25,26)/t19-,21-,22+,23-,24-/m1/s1. The third kappa shape index (κ3) is 4.48. The average molecular weight is 456 g/mol. The van der Waals surface area contributed by atoms with Crippen molar-refractivity contribution >= 4 is 10.9 Å². The monoisotopic (exact) mass is 456 g/mol. The number of rotatable bonds is 7. The Kier molecular flexibility index (Phi) is 6.09. The van der Waals surface area contributed by atoms with Gasteiger partial charge in [0.15, 0.2) is 18.1 Å². The molecule has 9 heteroatoms. The second kappa shape index (κ2) is 9.02. The zero-order chi connectivity index (χ0) is 23.1. The molecule has 1 aromatic heterocycles. The normalized spacial score (nSPS) is 27.7. The molecule has 0 spiro atoms. The van der Waals surface area contributed by atoms with Gasteiger partial charge < -0.3 is 30.1 Å². The molecule has 5 rings (SSSR count). The molecule has 2 aromatic carbocycles. The Hall–Kier alpha value is -2.53. The van der Waals surface area contributed by atoms with Crippen molar-refractivity contribution in [3.8, 4) is 5.75 Å². The maximum Gasteiger partial charge on any atom is 0.188 e. The lowest BCUT2D eigenvalue weighted by Gasteiger charge is -2.38. The van der Waals surface area contributed by atoms with Crippen LogP contribution in [-0.4, -0.2) is 67.9 Å². The van der Waals surface area contributed by atoms with Crippen molar-refractivity contribution in [2.24, 2.45) is 0 Å². The Bertz CT molecular complexity index is 1110. The minimum Gasteiger partial charge on any atom is -0.394 e. The van der Waals surface area contributed by atoms with Gasteiger partial charge in [-0.1, -0.05) is 24.3 Å². The highest BCUT2D eigenvalue weighted by atomic mass is 17.2. The summed E-state index contributed by atoms with van der Waals surface area (Å²) in [5.74, 6) is 1.06. The second-order valence-electron chi connectivity index (χ2n) is 8.93. The lowest BCUT2D eigenvalue weighted by molar-refractivity contribution is -0.364. The number of aryl methyl sites for hydroxylation is 1. The summed E-state index contributed by atoms with van der Waals surface area (Å²) < 4.78 is 5.12. The van der Waals surface area contributed by atoms with Crippen molar-refractivity contribution in [2.45, 2.75) is 62.8 Å². The van der Waals surface area contributed by atoms with E-state index in [2.05, 4.69) is 34.5 Å². The Balaban J connectivity index is 1.37. The molecule has 1 saturated heterocycles. The number of nitrogens with one attached hydrogen (secondary N) is 1. The van der Waals surface area contributed by atoms with E-state index in [1.807, 2.05) is 13.0 Å². The lowest BCUT2D eigenvalue weighted by atomic mass is 9.99. The number of hydrogen-bond donors (Lipinski definition) is 5. The molecule has 2 heterocycles. The van der Waals surface area contributed by atoms with Crippen LogP contribution in [0.5, 0.6) is 5.75 Å². The van der Waals surface area contributed by atoms with Gasteiger partial charge in [0.2, 0.25) is 0 Å². The molecule has 3 aromatic rings. The second-order valence-corrected chi connectivity index (χ2v) is 8.93. The van der Waals surface area contributed by atoms with Gasteiger partial charge in [0.1, 0.15) is 18.3 Å². The van der Waals surface area contributed by atoms with Gasteiger partial charge in [-0.25, -0.2) is 0 Å². The van der Waals surface area contributed by atoms with Crippen LogP contribution < -0.4 is 4.89 Å². The predicted molar refractivity (Wildman–Crippen MR) is 118 cm³/mol. The molecule has 0 radical (unpaired) electrons. The van der Waals surface area contributed by atoms with Crippen LogP contribution in [0.1, 0.15) is 41.1 Å². The van der Waals surface area contributed by atoms with E-state index >= 15 is 0 Å². The molecule has 5 N–H and O–H groups in total. The summed E-state index contributed by atoms with van der Waals surface area (Å²) in [6.07, 6.45) is -3.90. The molecule has 5 atom stereocenters. The van der Waals surface area contributed by atoms with Gasteiger partial charge in [0.05, 0.1) is 23.2 Å². The van der Waals surface area contributed by atoms with E-state index in [1.54, 1.807) is 6.07 Å². The fourth-order valence-corrected chi connectivity index (χ4v) is 4.31. The quantitative estimate of drug-likeness (QED) is 0.266. The van der Waals surface area contributed by atoms with E-state index < -0.39 is 37.3 Å². The fourth-order valence-electron chi connectivity index (χ4n) is 4.31. The van der Waals surface area contributed by atoms with Crippen molar-refractivity contribution in [1.29, 1.82) is 0 Å². The maximum atomic E-state index is 10.3. The first kappa shape index (κ1) is 22.3. The molecule has 33 heavy (non-hydrogen) atoms. The number of hydrogen-bond acceptors (Lipinski definition) is 8. The van der Waals surface area contributed by atoms with E-state index in [9.17, 15) is 20.4 Å². The number of aliphatic hydroxyl groups excluding tert-OH is 4. The molecule has 0 amide bonds. The zero-order valence-corrected chi connectivity index (χ0v) is 18.2. The smallest absolute Gasteiger partial charge is 0.188 e. The number of aromatic amines is 1. The number of H-pyrrole nitrogens is 1. The van der Waals surface area contributed by atoms with Crippen LogP contribution in [0.3, 0.4) is 0 Å². The fraction of sp³-hybridized carbons (Fsp3) is 0.458. The first-order chi connectivity index (χ1) is 15.9. The molecule has 1 aliphatic carbocycles. The van der Waals surface area contributed by atoms with Crippen LogP contribution in [0.4, 0.5) is 0 Å². The van der Waals surface area contributed by atoms with Crippen LogP contribution in [0.15, 0.2) is 36.4 Å². The summed E-state index contributed by atoms with van der Waals surface area (Å²) in [5.41, 5.74) is 4.92. The maximum absolute atomic E-state index is 10.3. The van der Waals surface area contributed by atoms with Crippen LogP contribution in [0.2, 0.25) is 0 Å². The molecule has 2 aliphatic rings. The Morgan fingerprint density at radius 3 is 2.55 bits per heavy atom. The summed E-state index contributed by atoms with van der Waals surface area (Å²) in [5, 5.41) is 48.0. The van der Waals surface area contributed by atoms with Crippen LogP contribution in [0.25, 0.3) is 10.9 Å². The van der Waals surface area contributed by atoms with E-state index in [4.69, 9.17) is 14.5 Å². The Morgan fingerprint density at radius 2 is 1.85 bits per heavy atom. The van der Waals surface area contributed by atoms with Gasteiger partial charge in [0.25, 0.3) is 0 Å². The van der Waals surface area contributed by atoms with Gasteiger partial charge >= 0.3 is 0 Å². The molecular weight excluding hydrogens is 428 g/mol. The molecule has 9 nitrogen and oxygen atoms in total. The highest BCUT2D eigenvalue weighted by molar-refractivity contribution is 5.88. The summed E-state index contributed by atoms with van der Waals surface area (Å²) >= 11 is 0. The van der Waals surface area contributed by atoms with Crippen molar-refractivity contribution in [3.63, 3.8) is 0 Å². The van der Waals surface area contributed by atoms with Crippen LogP contribution in [0, 0.1) is 6.92 Å². The molecule has 1 aliphatic heterocycles. The summed E-state index contributed by atoms with van der Waals surface area (Å²) in [4.78, 5) is 10.9. The minimum absolute atomic E-state index is 0.363. The number of fused-ring (bicyclic) bond motifs is 1. The highest BCUT2D eigenvalue weighted by Crippen LogP contribution is 2.40. The number of ether oxygens (including phenoxy) is 1.